The van der Waals surface area contributed by atoms with E-state index in [1.54, 1.807) is 7.05 Å². The van der Waals surface area contributed by atoms with Crippen molar-refractivity contribution in [3.05, 3.63) is 23.9 Å². The number of hydrogen-bond donors (Lipinski definition) is 1. The maximum atomic E-state index is 12.4. The molecule has 20 heavy (non-hydrogen) atoms. The molecule has 0 radical (unpaired) electrons. The van der Waals surface area contributed by atoms with Crippen molar-refractivity contribution in [2.24, 2.45) is 0 Å². The normalized spacial score (nSPS) is 26.4. The zero-order valence-electron chi connectivity index (χ0n) is 10.9. The second-order valence-corrected chi connectivity index (χ2v) is 6.13. The van der Waals surface area contributed by atoms with Crippen molar-refractivity contribution < 1.29 is 13.2 Å². The molecule has 0 saturated heterocycles. The van der Waals surface area contributed by atoms with Crippen LogP contribution in [0.3, 0.4) is 0 Å². The summed E-state index contributed by atoms with van der Waals surface area (Å²) < 4.78 is 37.3. The van der Waals surface area contributed by atoms with Crippen molar-refractivity contribution in [1.29, 1.82) is 5.26 Å². The molecule has 0 spiro atoms. The lowest BCUT2D eigenvalue weighted by Gasteiger charge is -2.19. The minimum atomic E-state index is -4.36. The van der Waals surface area contributed by atoms with E-state index in [9.17, 15) is 13.2 Å². The molecule has 2 atom stereocenters. The van der Waals surface area contributed by atoms with Gasteiger partial charge in [-0.05, 0) is 38.4 Å². The Morgan fingerprint density at radius 3 is 2.70 bits per heavy atom. The van der Waals surface area contributed by atoms with Crippen LogP contribution in [0.2, 0.25) is 0 Å². The topological polar surface area (TPSA) is 48.7 Å². The summed E-state index contributed by atoms with van der Waals surface area (Å²) in [5, 5.41) is 13.0. The summed E-state index contributed by atoms with van der Waals surface area (Å²) in [6.07, 6.45) is -1.23. The van der Waals surface area contributed by atoms with Gasteiger partial charge in [0.15, 0.2) is 0 Å². The van der Waals surface area contributed by atoms with Crippen molar-refractivity contribution in [1.82, 2.24) is 10.3 Å². The highest BCUT2D eigenvalue weighted by atomic mass is 32.2. The maximum Gasteiger partial charge on any atom is 0.417 e. The molecule has 0 aromatic carbocycles. The number of rotatable bonds is 3. The smallest absolute Gasteiger partial charge is 0.302 e. The van der Waals surface area contributed by atoms with E-state index in [4.69, 9.17) is 5.26 Å². The maximum absolute atomic E-state index is 12.4. The molecule has 1 aliphatic carbocycles. The van der Waals surface area contributed by atoms with E-state index in [-0.39, 0.29) is 5.25 Å². The van der Waals surface area contributed by atoms with Crippen LogP contribution in [0.5, 0.6) is 0 Å². The number of aromatic nitrogens is 1. The molecule has 1 N–H and O–H groups in total. The quantitative estimate of drug-likeness (QED) is 0.931. The zero-order chi connectivity index (χ0) is 14.8. The van der Waals surface area contributed by atoms with Gasteiger partial charge in [0, 0.05) is 11.4 Å². The predicted octanol–water partition coefficient (Wildman–Crippen LogP) is 3.23. The minimum absolute atomic E-state index is 0.200. The van der Waals surface area contributed by atoms with Gasteiger partial charge in [-0.15, -0.1) is 11.8 Å². The molecule has 108 valence electrons. The minimum Gasteiger partial charge on any atom is -0.302 e. The average molecular weight is 301 g/mol. The monoisotopic (exact) mass is 301 g/mol. The largest absolute Gasteiger partial charge is 0.417 e. The number of alkyl halides is 3. The molecule has 2 rings (SSSR count). The molecule has 0 bridgehead atoms. The van der Waals surface area contributed by atoms with Crippen LogP contribution in [-0.4, -0.2) is 22.8 Å². The fourth-order valence-corrected chi connectivity index (χ4v) is 3.48. The van der Waals surface area contributed by atoms with Crippen LogP contribution in [0, 0.1) is 11.3 Å². The highest BCUT2D eigenvalue weighted by Crippen LogP contribution is 2.39. The molecule has 1 aromatic rings. The number of hydrogen-bond acceptors (Lipinski definition) is 4. The van der Waals surface area contributed by atoms with E-state index < -0.39 is 17.3 Å². The predicted molar refractivity (Wildman–Crippen MR) is 70.1 cm³/mol. The van der Waals surface area contributed by atoms with E-state index in [0.717, 1.165) is 25.1 Å². The third-order valence-corrected chi connectivity index (χ3v) is 4.73. The van der Waals surface area contributed by atoms with Gasteiger partial charge in [0.2, 0.25) is 0 Å². The van der Waals surface area contributed by atoms with E-state index in [1.165, 1.54) is 17.8 Å². The van der Waals surface area contributed by atoms with Gasteiger partial charge in [0.25, 0.3) is 0 Å². The van der Waals surface area contributed by atoms with Crippen LogP contribution in [0.15, 0.2) is 23.4 Å². The van der Waals surface area contributed by atoms with Crippen LogP contribution in [0.4, 0.5) is 13.2 Å². The van der Waals surface area contributed by atoms with E-state index in [0.29, 0.717) is 11.4 Å². The van der Waals surface area contributed by atoms with Crippen LogP contribution >= 0.6 is 11.8 Å². The van der Waals surface area contributed by atoms with Crippen molar-refractivity contribution in [2.45, 2.75) is 41.3 Å². The van der Waals surface area contributed by atoms with E-state index in [2.05, 4.69) is 16.4 Å². The summed E-state index contributed by atoms with van der Waals surface area (Å²) >= 11 is 1.43. The van der Waals surface area contributed by atoms with Crippen LogP contribution < -0.4 is 5.32 Å². The number of pyridine rings is 1. The number of thioether (sulfide) groups is 1. The Bertz CT molecular complexity index is 509. The van der Waals surface area contributed by atoms with Gasteiger partial charge >= 0.3 is 6.18 Å². The molecule has 7 heteroatoms. The van der Waals surface area contributed by atoms with Gasteiger partial charge < -0.3 is 5.32 Å². The lowest BCUT2D eigenvalue weighted by atomic mass is 10.0. The Morgan fingerprint density at radius 1 is 1.50 bits per heavy atom. The first kappa shape index (κ1) is 15.1. The van der Waals surface area contributed by atoms with Gasteiger partial charge in [0.05, 0.1) is 16.7 Å². The summed E-state index contributed by atoms with van der Waals surface area (Å²) in [6.45, 7) is 0. The molecule has 1 aromatic heterocycles. The molecule has 1 fully saturated rings. The van der Waals surface area contributed by atoms with Crippen LogP contribution in [0.1, 0.15) is 24.8 Å². The highest BCUT2D eigenvalue weighted by Gasteiger charge is 2.38. The summed E-state index contributed by atoms with van der Waals surface area (Å²) in [7, 11) is 1.76. The lowest BCUT2D eigenvalue weighted by molar-refractivity contribution is -0.137. The number of nitrogens with zero attached hydrogens (tertiary/aromatic N) is 2. The Balaban J connectivity index is 2.00. The lowest BCUT2D eigenvalue weighted by Crippen LogP contribution is -2.38. The standard InChI is InChI=1S/C13H14F3N3S/c1-18-12(8-17)5-4-10(6-12)20-11-3-2-9(7-19-11)13(14,15)16/h2-3,7,10,18H,4-6H2,1H3. The van der Waals surface area contributed by atoms with Crippen LogP contribution in [-0.2, 0) is 6.18 Å². The molecular weight excluding hydrogens is 287 g/mol. The van der Waals surface area contributed by atoms with Gasteiger partial charge in [-0.3, -0.25) is 0 Å². The number of nitrogens with one attached hydrogen (secondary N) is 1. The SMILES string of the molecule is CNC1(C#N)CCC(Sc2ccc(C(F)(F)F)cn2)C1. The Labute approximate surface area is 119 Å². The first-order valence-electron chi connectivity index (χ1n) is 6.19. The first-order chi connectivity index (χ1) is 9.38. The van der Waals surface area contributed by atoms with Crippen molar-refractivity contribution in [3.8, 4) is 6.07 Å². The molecule has 1 heterocycles. The highest BCUT2D eigenvalue weighted by molar-refractivity contribution is 7.99. The molecule has 2 unspecified atom stereocenters. The summed E-state index contributed by atoms with van der Waals surface area (Å²) in [5.41, 5.74) is -1.25. The van der Waals surface area contributed by atoms with Gasteiger partial charge in [0.1, 0.15) is 5.54 Å². The molecular formula is C13H14F3N3S. The zero-order valence-corrected chi connectivity index (χ0v) is 11.7. The molecule has 0 aliphatic heterocycles. The van der Waals surface area contributed by atoms with Gasteiger partial charge in [-0.1, -0.05) is 0 Å². The van der Waals surface area contributed by atoms with Crippen LogP contribution in [0.25, 0.3) is 0 Å². The second kappa shape index (κ2) is 5.62. The average Bonchev–Trinajstić information content (AvgIpc) is 2.82. The third kappa shape index (κ3) is 3.25. The van der Waals surface area contributed by atoms with E-state index in [1.807, 2.05) is 0 Å². The Hall–Kier alpha value is -1.26. The second-order valence-electron chi connectivity index (χ2n) is 4.81. The van der Waals surface area contributed by atoms with Crippen molar-refractivity contribution in [3.63, 3.8) is 0 Å². The van der Waals surface area contributed by atoms with Gasteiger partial charge in [-0.25, -0.2) is 4.98 Å². The third-order valence-electron chi connectivity index (χ3n) is 3.51. The Morgan fingerprint density at radius 2 is 2.25 bits per heavy atom. The van der Waals surface area contributed by atoms with E-state index >= 15 is 0 Å². The number of nitriles is 1. The molecule has 1 aliphatic rings. The molecule has 3 nitrogen and oxygen atoms in total. The fraction of sp³-hybridized carbons (Fsp3) is 0.538. The van der Waals surface area contributed by atoms with Crippen molar-refractivity contribution >= 4 is 11.8 Å². The van der Waals surface area contributed by atoms with Crippen molar-refractivity contribution in [2.75, 3.05) is 7.05 Å². The summed E-state index contributed by atoms with van der Waals surface area (Å²) in [4.78, 5) is 3.85. The Kier molecular flexibility index (Phi) is 4.25. The molecule has 0 amide bonds. The molecule has 1 saturated carbocycles. The summed E-state index contributed by atoms with van der Waals surface area (Å²) in [6, 6.07) is 4.71. The van der Waals surface area contributed by atoms with Gasteiger partial charge in [-0.2, -0.15) is 18.4 Å². The fourth-order valence-electron chi connectivity index (χ4n) is 2.27. The number of halogens is 3. The first-order valence-corrected chi connectivity index (χ1v) is 7.06. The summed E-state index contributed by atoms with van der Waals surface area (Å²) in [5.74, 6) is 0.